The fraction of sp³-hybridized carbons (Fsp3) is 0.588. The number of aryl methyl sites for hydroxylation is 1. The number of ether oxygens (including phenoxy) is 1. The van der Waals surface area contributed by atoms with E-state index in [4.69, 9.17) is 4.74 Å². The molecule has 0 saturated carbocycles. The fourth-order valence-electron chi connectivity index (χ4n) is 2.13. The van der Waals surface area contributed by atoms with Crippen LogP contribution in [-0.2, 0) is 10.0 Å². The van der Waals surface area contributed by atoms with Gasteiger partial charge in [0, 0.05) is 12.1 Å². The van der Waals surface area contributed by atoms with Gasteiger partial charge >= 0.3 is 0 Å². The minimum absolute atomic E-state index is 0.314. The second-order valence-electron chi connectivity index (χ2n) is 6.54. The number of hydrogen-bond acceptors (Lipinski definition) is 4. The Morgan fingerprint density at radius 3 is 2.40 bits per heavy atom. The van der Waals surface area contributed by atoms with Crippen molar-refractivity contribution in [1.29, 1.82) is 0 Å². The van der Waals surface area contributed by atoms with Gasteiger partial charge in [-0.3, -0.25) is 4.99 Å². The summed E-state index contributed by atoms with van der Waals surface area (Å²) in [4.78, 5) is 4.44. The zero-order valence-corrected chi connectivity index (χ0v) is 16.5. The maximum Gasteiger partial charge on any atom is 0.209 e. The van der Waals surface area contributed by atoms with Gasteiger partial charge in [-0.1, -0.05) is 17.7 Å². The molecular weight excluding hydrogens is 340 g/mol. The van der Waals surface area contributed by atoms with Crippen molar-refractivity contribution in [2.24, 2.45) is 4.99 Å². The van der Waals surface area contributed by atoms with Crippen LogP contribution in [0.3, 0.4) is 0 Å². The lowest BCUT2D eigenvalue weighted by atomic mass is 10.1. The van der Waals surface area contributed by atoms with Gasteiger partial charge in [-0.15, -0.1) is 0 Å². The van der Waals surface area contributed by atoms with Crippen molar-refractivity contribution < 1.29 is 13.2 Å². The zero-order chi connectivity index (χ0) is 18.9. The van der Waals surface area contributed by atoms with Crippen molar-refractivity contribution in [1.82, 2.24) is 15.4 Å². The van der Waals surface area contributed by atoms with Crippen LogP contribution in [0.2, 0.25) is 0 Å². The van der Waals surface area contributed by atoms with Crippen molar-refractivity contribution in [3.8, 4) is 5.75 Å². The maximum atomic E-state index is 11.4. The van der Waals surface area contributed by atoms with Gasteiger partial charge in [0.15, 0.2) is 5.96 Å². The van der Waals surface area contributed by atoms with Crippen LogP contribution < -0.4 is 20.1 Å². The van der Waals surface area contributed by atoms with E-state index in [2.05, 4.69) is 20.3 Å². The van der Waals surface area contributed by atoms with E-state index < -0.39 is 15.6 Å². The van der Waals surface area contributed by atoms with E-state index in [-0.39, 0.29) is 0 Å². The molecule has 1 aromatic carbocycles. The number of aliphatic imine (C=N–C) groups is 1. The van der Waals surface area contributed by atoms with Crippen molar-refractivity contribution >= 4 is 16.0 Å². The summed E-state index contributed by atoms with van der Waals surface area (Å²) in [6.45, 7) is 9.70. The molecule has 0 aliphatic heterocycles. The molecule has 0 aliphatic rings. The second-order valence-corrected chi connectivity index (χ2v) is 8.29. The van der Waals surface area contributed by atoms with Crippen LogP contribution in [0.25, 0.3) is 0 Å². The molecule has 0 atom stereocenters. The molecular formula is C17H30N4O3S. The lowest BCUT2D eigenvalue weighted by Gasteiger charge is -2.23. The highest BCUT2D eigenvalue weighted by atomic mass is 32.2. The highest BCUT2D eigenvalue weighted by Crippen LogP contribution is 2.10. The van der Waals surface area contributed by atoms with Crippen LogP contribution in [0.5, 0.6) is 5.75 Å². The molecule has 3 N–H and O–H groups in total. The number of sulfonamides is 1. The molecule has 142 valence electrons. The van der Waals surface area contributed by atoms with Crippen molar-refractivity contribution in [2.45, 2.75) is 33.2 Å². The smallest absolute Gasteiger partial charge is 0.209 e. The molecule has 1 rings (SSSR count). The lowest BCUT2D eigenvalue weighted by Crippen LogP contribution is -2.47. The molecule has 1 aromatic rings. The minimum atomic E-state index is -3.28. The normalized spacial score (nSPS) is 12.8. The predicted octanol–water partition coefficient (Wildman–Crippen LogP) is 1.26. The van der Waals surface area contributed by atoms with Gasteiger partial charge in [0.1, 0.15) is 12.4 Å². The third kappa shape index (κ3) is 9.93. The van der Waals surface area contributed by atoms with E-state index >= 15 is 0 Å². The topological polar surface area (TPSA) is 91.8 Å². The Kier molecular flexibility index (Phi) is 8.18. The predicted molar refractivity (Wildman–Crippen MR) is 103 cm³/mol. The highest BCUT2D eigenvalue weighted by Gasteiger charge is 2.21. The maximum absolute atomic E-state index is 11.4. The van der Waals surface area contributed by atoms with E-state index in [1.807, 2.05) is 38.1 Å². The molecule has 0 aliphatic carbocycles. The Morgan fingerprint density at radius 2 is 1.84 bits per heavy atom. The van der Waals surface area contributed by atoms with Gasteiger partial charge in [-0.2, -0.15) is 0 Å². The number of guanidine groups is 1. The minimum Gasteiger partial charge on any atom is -0.492 e. The summed E-state index contributed by atoms with van der Waals surface area (Å²) >= 11 is 0. The number of nitrogens with one attached hydrogen (secondary N) is 3. The molecule has 0 heterocycles. The Hall–Kier alpha value is -1.80. The number of benzene rings is 1. The molecule has 7 nitrogen and oxygen atoms in total. The lowest BCUT2D eigenvalue weighted by molar-refractivity contribution is 0.322. The van der Waals surface area contributed by atoms with Crippen LogP contribution in [0, 0.1) is 6.92 Å². The molecule has 0 saturated heterocycles. The molecule has 0 fully saturated rings. The first-order valence-electron chi connectivity index (χ1n) is 8.32. The monoisotopic (exact) mass is 370 g/mol. The Balaban J connectivity index is 2.48. The summed E-state index contributed by atoms with van der Waals surface area (Å²) in [5, 5.41) is 6.30. The molecule has 25 heavy (non-hydrogen) atoms. The molecule has 0 aromatic heterocycles. The first-order valence-corrected chi connectivity index (χ1v) is 10.2. The first-order chi connectivity index (χ1) is 11.6. The Labute approximate surface area is 151 Å². The number of nitrogens with zero attached hydrogens (tertiary/aromatic N) is 1. The van der Waals surface area contributed by atoms with Crippen LogP contribution in [-0.4, -0.2) is 52.4 Å². The first kappa shape index (κ1) is 21.2. The van der Waals surface area contributed by atoms with Crippen LogP contribution in [0.4, 0.5) is 0 Å². The van der Waals surface area contributed by atoms with Crippen molar-refractivity contribution in [2.75, 3.05) is 32.5 Å². The fourth-order valence-corrected chi connectivity index (χ4v) is 3.19. The Morgan fingerprint density at radius 1 is 1.20 bits per heavy atom. The zero-order valence-electron chi connectivity index (χ0n) is 15.7. The van der Waals surface area contributed by atoms with E-state index in [1.165, 1.54) is 5.56 Å². The quantitative estimate of drug-likeness (QED) is 0.346. The third-order valence-electron chi connectivity index (χ3n) is 3.12. The van der Waals surface area contributed by atoms with Gasteiger partial charge < -0.3 is 15.4 Å². The van der Waals surface area contributed by atoms with Gasteiger partial charge in [0.2, 0.25) is 10.0 Å². The Bertz CT molecular complexity index is 655. The number of rotatable bonds is 9. The molecule has 0 bridgehead atoms. The molecule has 8 heteroatoms. The van der Waals surface area contributed by atoms with Gasteiger partial charge in [0.05, 0.1) is 19.3 Å². The molecule has 0 amide bonds. The third-order valence-corrected chi connectivity index (χ3v) is 4.05. The van der Waals surface area contributed by atoms with E-state index in [0.29, 0.717) is 32.2 Å². The van der Waals surface area contributed by atoms with Crippen molar-refractivity contribution in [3.63, 3.8) is 0 Å². The standard InChI is InChI=1S/C17H30N4O3S/c1-6-18-16(20-13-17(3,4)21-25(5,22)23)19-11-12-24-15-9-7-14(2)8-10-15/h7-10,21H,6,11-13H2,1-5H3,(H2,18,19,20). The summed E-state index contributed by atoms with van der Waals surface area (Å²) in [5.74, 6) is 1.45. The average molecular weight is 371 g/mol. The van der Waals surface area contributed by atoms with E-state index in [1.54, 1.807) is 13.8 Å². The molecule has 0 spiro atoms. The van der Waals surface area contributed by atoms with Gasteiger partial charge in [0.25, 0.3) is 0 Å². The van der Waals surface area contributed by atoms with Crippen molar-refractivity contribution in [3.05, 3.63) is 29.8 Å². The number of hydrogen-bond donors (Lipinski definition) is 3. The summed E-state index contributed by atoms with van der Waals surface area (Å²) in [6, 6.07) is 7.89. The van der Waals surface area contributed by atoms with Gasteiger partial charge in [-0.05, 0) is 39.8 Å². The van der Waals surface area contributed by atoms with Crippen LogP contribution >= 0.6 is 0 Å². The average Bonchev–Trinajstić information content (AvgIpc) is 2.48. The largest absolute Gasteiger partial charge is 0.492 e. The molecule has 0 radical (unpaired) electrons. The summed E-state index contributed by atoms with van der Waals surface area (Å²) < 4.78 is 31.0. The highest BCUT2D eigenvalue weighted by molar-refractivity contribution is 7.88. The van der Waals surface area contributed by atoms with Crippen LogP contribution in [0.1, 0.15) is 26.3 Å². The summed E-state index contributed by atoms with van der Waals surface area (Å²) in [5.41, 5.74) is 0.534. The van der Waals surface area contributed by atoms with Gasteiger partial charge in [-0.25, -0.2) is 13.1 Å². The van der Waals surface area contributed by atoms with E-state index in [0.717, 1.165) is 12.0 Å². The summed E-state index contributed by atoms with van der Waals surface area (Å²) in [6.07, 6.45) is 1.14. The second kappa shape index (κ2) is 9.62. The summed E-state index contributed by atoms with van der Waals surface area (Å²) in [7, 11) is -3.28. The SMILES string of the molecule is CCNC(=NCC(C)(C)NS(C)(=O)=O)NCCOc1ccc(C)cc1. The van der Waals surface area contributed by atoms with E-state index in [9.17, 15) is 8.42 Å². The molecule has 0 unspecified atom stereocenters. The van der Waals surface area contributed by atoms with Crippen LogP contribution in [0.15, 0.2) is 29.3 Å².